The van der Waals surface area contributed by atoms with Crippen LogP contribution in [0.4, 0.5) is 0 Å². The third-order valence-electron chi connectivity index (χ3n) is 2.38. The van der Waals surface area contributed by atoms with Crippen molar-refractivity contribution in [3.63, 3.8) is 0 Å². The van der Waals surface area contributed by atoms with Crippen LogP contribution in [0.3, 0.4) is 0 Å². The summed E-state index contributed by atoms with van der Waals surface area (Å²) in [6.45, 7) is 3.89. The second-order valence-electron chi connectivity index (χ2n) is 4.02. The number of benzene rings is 1. The van der Waals surface area contributed by atoms with E-state index in [-0.39, 0.29) is 6.04 Å². The van der Waals surface area contributed by atoms with Crippen LogP contribution in [0, 0.1) is 6.92 Å². The minimum Gasteiger partial charge on any atom is -0.382 e. The molecule has 0 spiro atoms. The van der Waals surface area contributed by atoms with E-state index >= 15 is 0 Å². The topological polar surface area (TPSA) is 44.5 Å². The molecule has 1 atom stereocenters. The van der Waals surface area contributed by atoms with Crippen molar-refractivity contribution in [2.45, 2.75) is 19.4 Å². The van der Waals surface area contributed by atoms with Gasteiger partial charge in [0.05, 0.1) is 19.8 Å². The fraction of sp³-hybridized carbons (Fsp3) is 0.538. The van der Waals surface area contributed by atoms with Gasteiger partial charge in [-0.25, -0.2) is 0 Å². The Kier molecular flexibility index (Phi) is 6.08. The highest BCUT2D eigenvalue weighted by Crippen LogP contribution is 2.05. The maximum absolute atomic E-state index is 5.96. The first-order valence-corrected chi connectivity index (χ1v) is 5.60. The van der Waals surface area contributed by atoms with Gasteiger partial charge in [0.15, 0.2) is 0 Å². The van der Waals surface area contributed by atoms with Gasteiger partial charge in [0, 0.05) is 13.2 Å². The Hall–Kier alpha value is -0.900. The van der Waals surface area contributed by atoms with Gasteiger partial charge >= 0.3 is 0 Å². The predicted molar refractivity (Wildman–Crippen MR) is 65.6 cm³/mol. The van der Waals surface area contributed by atoms with Gasteiger partial charge in [0.25, 0.3) is 0 Å². The molecular formula is C13H21NO2. The van der Waals surface area contributed by atoms with Gasteiger partial charge in [-0.05, 0) is 18.9 Å². The van der Waals surface area contributed by atoms with Crippen LogP contribution in [0.1, 0.15) is 11.1 Å². The predicted octanol–water partition coefficient (Wildman–Crippen LogP) is 1.53. The molecule has 0 heterocycles. The van der Waals surface area contributed by atoms with Crippen LogP contribution >= 0.6 is 0 Å². The Labute approximate surface area is 97.6 Å². The molecule has 2 N–H and O–H groups in total. The van der Waals surface area contributed by atoms with Crippen molar-refractivity contribution in [1.82, 2.24) is 0 Å². The van der Waals surface area contributed by atoms with Crippen molar-refractivity contribution in [1.29, 1.82) is 0 Å². The minimum absolute atomic E-state index is 0.0552. The summed E-state index contributed by atoms with van der Waals surface area (Å²) < 4.78 is 10.3. The Balaban J connectivity index is 2.23. The smallest absolute Gasteiger partial charge is 0.0701 e. The molecule has 16 heavy (non-hydrogen) atoms. The van der Waals surface area contributed by atoms with Crippen LogP contribution in [0.15, 0.2) is 24.3 Å². The lowest BCUT2D eigenvalue weighted by Gasteiger charge is -2.12. The molecule has 1 unspecified atom stereocenters. The molecule has 1 rings (SSSR count). The van der Waals surface area contributed by atoms with Gasteiger partial charge in [0.2, 0.25) is 0 Å². The van der Waals surface area contributed by atoms with Crippen LogP contribution in [0.25, 0.3) is 0 Å². The molecule has 1 aromatic carbocycles. The second kappa shape index (κ2) is 7.39. The maximum atomic E-state index is 5.96. The molecule has 1 aromatic rings. The Bertz CT molecular complexity index is 284. The average Bonchev–Trinajstić information content (AvgIpc) is 2.28. The van der Waals surface area contributed by atoms with Crippen molar-refractivity contribution in [2.24, 2.45) is 5.73 Å². The molecule has 0 saturated heterocycles. The van der Waals surface area contributed by atoms with E-state index in [0.717, 1.165) is 6.42 Å². The molecule has 0 aliphatic heterocycles. The molecule has 0 amide bonds. The van der Waals surface area contributed by atoms with E-state index in [9.17, 15) is 0 Å². The first kappa shape index (κ1) is 13.2. The highest BCUT2D eigenvalue weighted by Gasteiger charge is 2.03. The van der Waals surface area contributed by atoms with E-state index in [1.54, 1.807) is 7.11 Å². The molecule has 3 heteroatoms. The zero-order valence-corrected chi connectivity index (χ0v) is 10.1. The fourth-order valence-electron chi connectivity index (χ4n) is 1.46. The molecule has 0 aromatic heterocycles. The van der Waals surface area contributed by atoms with Crippen molar-refractivity contribution in [2.75, 3.05) is 26.9 Å². The van der Waals surface area contributed by atoms with Gasteiger partial charge in [0.1, 0.15) is 0 Å². The van der Waals surface area contributed by atoms with E-state index in [2.05, 4.69) is 31.2 Å². The number of aryl methyl sites for hydroxylation is 1. The summed E-state index contributed by atoms with van der Waals surface area (Å²) >= 11 is 0. The Morgan fingerprint density at radius 2 is 1.88 bits per heavy atom. The molecule has 0 fully saturated rings. The largest absolute Gasteiger partial charge is 0.382 e. The van der Waals surface area contributed by atoms with Crippen molar-refractivity contribution in [3.8, 4) is 0 Å². The third kappa shape index (κ3) is 5.26. The number of rotatable bonds is 7. The Morgan fingerprint density at radius 3 is 2.50 bits per heavy atom. The third-order valence-corrected chi connectivity index (χ3v) is 2.38. The molecule has 0 aliphatic rings. The van der Waals surface area contributed by atoms with Crippen LogP contribution in [-0.4, -0.2) is 33.0 Å². The van der Waals surface area contributed by atoms with Gasteiger partial charge in [-0.3, -0.25) is 0 Å². The van der Waals surface area contributed by atoms with Gasteiger partial charge < -0.3 is 15.2 Å². The average molecular weight is 223 g/mol. The summed E-state index contributed by atoms with van der Waals surface area (Å²) in [5, 5.41) is 0. The second-order valence-corrected chi connectivity index (χ2v) is 4.02. The van der Waals surface area contributed by atoms with Crippen LogP contribution in [0.2, 0.25) is 0 Å². The summed E-state index contributed by atoms with van der Waals surface area (Å²) in [5.74, 6) is 0. The normalized spacial score (nSPS) is 12.7. The quantitative estimate of drug-likeness (QED) is 0.713. The van der Waals surface area contributed by atoms with Gasteiger partial charge in [-0.15, -0.1) is 0 Å². The monoisotopic (exact) mass is 223 g/mol. The summed E-state index contributed by atoms with van der Waals surface area (Å²) in [5.41, 5.74) is 8.49. The van der Waals surface area contributed by atoms with Crippen LogP contribution in [0.5, 0.6) is 0 Å². The number of methoxy groups -OCH3 is 1. The lowest BCUT2D eigenvalue weighted by atomic mass is 10.1. The summed E-state index contributed by atoms with van der Waals surface area (Å²) in [6, 6.07) is 8.50. The molecule has 0 bridgehead atoms. The first-order valence-electron chi connectivity index (χ1n) is 5.60. The van der Waals surface area contributed by atoms with E-state index in [0.29, 0.717) is 19.8 Å². The van der Waals surface area contributed by atoms with E-state index in [1.165, 1.54) is 11.1 Å². The number of nitrogens with two attached hydrogens (primary N) is 1. The lowest BCUT2D eigenvalue weighted by molar-refractivity contribution is 0.0637. The molecular weight excluding hydrogens is 202 g/mol. The SMILES string of the molecule is COCCOCC(N)Cc1ccc(C)cc1. The molecule has 0 aliphatic carbocycles. The highest BCUT2D eigenvalue weighted by atomic mass is 16.5. The number of hydrogen-bond donors (Lipinski definition) is 1. The van der Waals surface area contributed by atoms with Gasteiger partial charge in [-0.1, -0.05) is 29.8 Å². The molecule has 3 nitrogen and oxygen atoms in total. The maximum Gasteiger partial charge on any atom is 0.0701 e. The number of ether oxygens (including phenoxy) is 2. The van der Waals surface area contributed by atoms with Crippen LogP contribution < -0.4 is 5.73 Å². The van der Waals surface area contributed by atoms with Crippen molar-refractivity contribution < 1.29 is 9.47 Å². The summed E-state index contributed by atoms with van der Waals surface area (Å²) in [7, 11) is 1.66. The van der Waals surface area contributed by atoms with Gasteiger partial charge in [-0.2, -0.15) is 0 Å². The highest BCUT2D eigenvalue weighted by molar-refractivity contribution is 5.21. The molecule has 90 valence electrons. The van der Waals surface area contributed by atoms with Crippen LogP contribution in [-0.2, 0) is 15.9 Å². The summed E-state index contributed by atoms with van der Waals surface area (Å²) in [6.07, 6.45) is 0.854. The Morgan fingerprint density at radius 1 is 1.19 bits per heavy atom. The lowest BCUT2D eigenvalue weighted by Crippen LogP contribution is -2.29. The fourth-order valence-corrected chi connectivity index (χ4v) is 1.46. The summed E-state index contributed by atoms with van der Waals surface area (Å²) in [4.78, 5) is 0. The minimum atomic E-state index is 0.0552. The standard InChI is InChI=1S/C13H21NO2/c1-11-3-5-12(6-4-11)9-13(14)10-16-8-7-15-2/h3-6,13H,7-10,14H2,1-2H3. The van der Waals surface area contributed by atoms with E-state index in [4.69, 9.17) is 15.2 Å². The first-order chi connectivity index (χ1) is 7.72. The zero-order valence-electron chi connectivity index (χ0n) is 10.1. The van der Waals surface area contributed by atoms with E-state index in [1.807, 2.05) is 0 Å². The zero-order chi connectivity index (χ0) is 11.8. The molecule has 0 radical (unpaired) electrons. The van der Waals surface area contributed by atoms with Crippen molar-refractivity contribution >= 4 is 0 Å². The number of hydrogen-bond acceptors (Lipinski definition) is 3. The van der Waals surface area contributed by atoms with Crippen molar-refractivity contribution in [3.05, 3.63) is 35.4 Å². The molecule has 0 saturated carbocycles. The van der Waals surface area contributed by atoms with E-state index < -0.39 is 0 Å².